The van der Waals surface area contributed by atoms with Gasteiger partial charge in [0.1, 0.15) is 0 Å². The molecule has 0 aromatic heterocycles. The molecule has 0 atom stereocenters. The van der Waals surface area contributed by atoms with Gasteiger partial charge in [0.15, 0.2) is 0 Å². The Kier molecular flexibility index (Phi) is 8.38. The number of nitrogens with zero attached hydrogens (tertiary/aromatic N) is 1. The predicted octanol–water partition coefficient (Wildman–Crippen LogP) is 6.27. The van der Waals surface area contributed by atoms with E-state index in [2.05, 4.69) is 79.8 Å². The van der Waals surface area contributed by atoms with Crippen LogP contribution in [0.15, 0.2) is 48.5 Å². The van der Waals surface area contributed by atoms with Crippen molar-refractivity contribution in [2.75, 3.05) is 24.3 Å². The number of rotatable bonds is 11. The second-order valence-electron chi connectivity index (χ2n) is 7.13. The molecule has 0 bridgehead atoms. The molecule has 0 radical (unpaired) electrons. The van der Waals surface area contributed by atoms with E-state index in [9.17, 15) is 0 Å². The van der Waals surface area contributed by atoms with Gasteiger partial charge in [-0.3, -0.25) is 0 Å². The van der Waals surface area contributed by atoms with E-state index in [0.717, 1.165) is 6.54 Å². The second-order valence-corrected chi connectivity index (χ2v) is 7.13. The maximum atomic E-state index is 3.51. The summed E-state index contributed by atoms with van der Waals surface area (Å²) in [6.45, 7) is 3.14. The third-order valence-corrected chi connectivity index (χ3v) is 4.72. The molecule has 0 aliphatic carbocycles. The lowest BCUT2D eigenvalue weighted by molar-refractivity contribution is 0.607. The molecule has 2 aromatic carbocycles. The molecule has 1 N–H and O–H groups in total. The van der Waals surface area contributed by atoms with Crippen molar-refractivity contribution in [2.24, 2.45) is 0 Å². The summed E-state index contributed by atoms with van der Waals surface area (Å²) in [7, 11) is 4.14. The van der Waals surface area contributed by atoms with Crippen LogP contribution in [0.2, 0.25) is 0 Å². The van der Waals surface area contributed by atoms with Crippen LogP contribution in [0.3, 0.4) is 0 Å². The number of aryl methyl sites for hydroxylation is 1. The summed E-state index contributed by atoms with van der Waals surface area (Å²) in [4.78, 5) is 2.12. The van der Waals surface area contributed by atoms with Crippen LogP contribution in [0.5, 0.6) is 0 Å². The molecule has 0 aliphatic rings. The Balaban J connectivity index is 1.71. The summed E-state index contributed by atoms with van der Waals surface area (Å²) in [6.07, 6.45) is 9.39. The molecule has 2 aromatic rings. The van der Waals surface area contributed by atoms with E-state index in [1.807, 2.05) is 0 Å². The topological polar surface area (TPSA) is 15.3 Å². The minimum atomic E-state index is 0.866. The molecule has 0 spiro atoms. The zero-order chi connectivity index (χ0) is 17.9. The zero-order valence-corrected chi connectivity index (χ0v) is 16.2. The summed E-state index contributed by atoms with van der Waals surface area (Å²) < 4.78 is 0. The van der Waals surface area contributed by atoms with Crippen LogP contribution < -0.4 is 10.2 Å². The van der Waals surface area contributed by atoms with Gasteiger partial charge in [0.2, 0.25) is 0 Å². The van der Waals surface area contributed by atoms with Crippen LogP contribution >= 0.6 is 0 Å². The highest BCUT2D eigenvalue weighted by Crippen LogP contribution is 2.16. The van der Waals surface area contributed by atoms with Crippen molar-refractivity contribution in [1.29, 1.82) is 0 Å². The third-order valence-electron chi connectivity index (χ3n) is 4.72. The minimum Gasteiger partial charge on any atom is -0.381 e. The minimum absolute atomic E-state index is 0.866. The second kappa shape index (κ2) is 10.8. The summed E-state index contributed by atoms with van der Waals surface area (Å²) in [6, 6.07) is 17.7. The molecular weight excluding hydrogens is 304 g/mol. The van der Waals surface area contributed by atoms with Crippen molar-refractivity contribution < 1.29 is 0 Å². The monoisotopic (exact) mass is 338 g/mol. The molecular formula is C23H34N2. The molecule has 0 saturated heterocycles. The van der Waals surface area contributed by atoms with E-state index in [1.54, 1.807) is 0 Å². The van der Waals surface area contributed by atoms with Gasteiger partial charge in [-0.2, -0.15) is 0 Å². The highest BCUT2D eigenvalue weighted by Gasteiger charge is 1.98. The van der Waals surface area contributed by atoms with Gasteiger partial charge in [-0.1, -0.05) is 63.3 Å². The maximum absolute atomic E-state index is 3.51. The molecule has 2 nitrogen and oxygen atoms in total. The molecule has 2 rings (SSSR count). The molecule has 0 amide bonds. The van der Waals surface area contributed by atoms with Gasteiger partial charge < -0.3 is 10.2 Å². The van der Waals surface area contributed by atoms with E-state index in [0.29, 0.717) is 0 Å². The lowest BCUT2D eigenvalue weighted by atomic mass is 10.0. The fourth-order valence-corrected chi connectivity index (χ4v) is 3.01. The van der Waals surface area contributed by atoms with Gasteiger partial charge >= 0.3 is 0 Å². The Morgan fingerprint density at radius 3 is 1.96 bits per heavy atom. The fraction of sp³-hybridized carbons (Fsp3) is 0.478. The molecule has 0 aliphatic heterocycles. The van der Waals surface area contributed by atoms with Gasteiger partial charge in [-0.25, -0.2) is 0 Å². The van der Waals surface area contributed by atoms with E-state index < -0.39 is 0 Å². The van der Waals surface area contributed by atoms with Crippen LogP contribution in [0.25, 0.3) is 0 Å². The van der Waals surface area contributed by atoms with Crippen molar-refractivity contribution >= 4 is 11.4 Å². The number of anilines is 2. The first-order chi connectivity index (χ1) is 12.2. The first-order valence-corrected chi connectivity index (χ1v) is 9.78. The molecule has 0 fully saturated rings. The van der Waals surface area contributed by atoms with E-state index in [-0.39, 0.29) is 0 Å². The number of hydrogen-bond acceptors (Lipinski definition) is 2. The molecule has 25 heavy (non-hydrogen) atoms. The fourth-order valence-electron chi connectivity index (χ4n) is 3.01. The Morgan fingerprint density at radius 2 is 1.32 bits per heavy atom. The normalized spacial score (nSPS) is 10.7. The number of nitrogens with one attached hydrogen (secondary N) is 1. The van der Waals surface area contributed by atoms with Crippen LogP contribution in [0.4, 0.5) is 11.4 Å². The average molecular weight is 339 g/mol. The number of unbranched alkanes of at least 4 members (excludes halogenated alkanes) is 5. The average Bonchev–Trinajstić information content (AvgIpc) is 2.64. The summed E-state index contributed by atoms with van der Waals surface area (Å²) in [5.74, 6) is 0. The highest BCUT2D eigenvalue weighted by molar-refractivity contribution is 5.48. The standard InChI is InChI=1S/C23H34N2/c1-4-5-6-7-8-9-10-20-11-15-22(16-12-20)24-19-21-13-17-23(18-14-21)25(2)3/h11-18,24H,4-10,19H2,1-3H3. The quantitative estimate of drug-likeness (QED) is 0.486. The van der Waals surface area contributed by atoms with Gasteiger partial charge in [0, 0.05) is 32.0 Å². The maximum Gasteiger partial charge on any atom is 0.0400 e. The molecule has 0 unspecified atom stereocenters. The lowest BCUT2D eigenvalue weighted by Crippen LogP contribution is -2.08. The molecule has 0 saturated carbocycles. The van der Waals surface area contributed by atoms with Gasteiger partial charge in [-0.15, -0.1) is 0 Å². The van der Waals surface area contributed by atoms with Crippen LogP contribution in [0.1, 0.15) is 56.6 Å². The van der Waals surface area contributed by atoms with Crippen LogP contribution in [0, 0.1) is 0 Å². The van der Waals surface area contributed by atoms with Crippen molar-refractivity contribution in [3.05, 3.63) is 59.7 Å². The Bertz CT molecular complexity index is 584. The highest BCUT2D eigenvalue weighted by atomic mass is 15.1. The predicted molar refractivity (Wildman–Crippen MR) is 112 cm³/mol. The zero-order valence-electron chi connectivity index (χ0n) is 16.2. The van der Waals surface area contributed by atoms with E-state index in [1.165, 1.54) is 67.4 Å². The summed E-state index contributed by atoms with van der Waals surface area (Å²) in [5.41, 5.74) is 5.20. The van der Waals surface area contributed by atoms with Crippen LogP contribution in [-0.4, -0.2) is 14.1 Å². The Hall–Kier alpha value is -1.96. The van der Waals surface area contributed by atoms with E-state index >= 15 is 0 Å². The van der Waals surface area contributed by atoms with Crippen molar-refractivity contribution in [2.45, 2.75) is 58.4 Å². The van der Waals surface area contributed by atoms with Gasteiger partial charge in [-0.05, 0) is 48.2 Å². The smallest absolute Gasteiger partial charge is 0.0400 e. The Morgan fingerprint density at radius 1 is 0.720 bits per heavy atom. The number of hydrogen-bond donors (Lipinski definition) is 1. The van der Waals surface area contributed by atoms with Crippen LogP contribution in [-0.2, 0) is 13.0 Å². The first-order valence-electron chi connectivity index (χ1n) is 9.78. The van der Waals surface area contributed by atoms with Crippen molar-refractivity contribution in [1.82, 2.24) is 0 Å². The van der Waals surface area contributed by atoms with Crippen molar-refractivity contribution in [3.63, 3.8) is 0 Å². The van der Waals surface area contributed by atoms with Crippen molar-refractivity contribution in [3.8, 4) is 0 Å². The van der Waals surface area contributed by atoms with Gasteiger partial charge in [0.25, 0.3) is 0 Å². The van der Waals surface area contributed by atoms with E-state index in [4.69, 9.17) is 0 Å². The van der Waals surface area contributed by atoms with Gasteiger partial charge in [0.05, 0.1) is 0 Å². The molecule has 0 heterocycles. The SMILES string of the molecule is CCCCCCCCc1ccc(NCc2ccc(N(C)C)cc2)cc1. The molecule has 136 valence electrons. The first kappa shape index (κ1) is 19.4. The number of benzene rings is 2. The third kappa shape index (κ3) is 7.21. The summed E-state index contributed by atoms with van der Waals surface area (Å²) in [5, 5.41) is 3.51. The molecule has 2 heteroatoms. The Labute approximate surface area is 154 Å². The summed E-state index contributed by atoms with van der Waals surface area (Å²) >= 11 is 0. The largest absolute Gasteiger partial charge is 0.381 e. The lowest BCUT2D eigenvalue weighted by Gasteiger charge is -2.13.